The van der Waals surface area contributed by atoms with Crippen LogP contribution >= 0.6 is 11.6 Å². The van der Waals surface area contributed by atoms with Crippen molar-refractivity contribution in [1.82, 2.24) is 19.9 Å². The summed E-state index contributed by atoms with van der Waals surface area (Å²) in [6, 6.07) is 10.8. The number of methoxy groups -OCH3 is 1. The lowest BCUT2D eigenvalue weighted by atomic mass is 10.1. The number of benzene rings is 1. The first-order valence-corrected chi connectivity index (χ1v) is 10.2. The van der Waals surface area contributed by atoms with Gasteiger partial charge in [-0.3, -0.25) is 4.79 Å². The highest BCUT2D eigenvalue weighted by molar-refractivity contribution is 6.31. The number of amides is 1. The van der Waals surface area contributed by atoms with Crippen LogP contribution in [0.3, 0.4) is 0 Å². The molecule has 0 radical (unpaired) electrons. The van der Waals surface area contributed by atoms with Gasteiger partial charge < -0.3 is 14.5 Å². The van der Waals surface area contributed by atoms with Crippen LogP contribution in [0.25, 0.3) is 0 Å². The molecule has 1 aromatic carbocycles. The molecule has 31 heavy (non-hydrogen) atoms. The van der Waals surface area contributed by atoms with E-state index in [4.69, 9.17) is 16.3 Å². The smallest absolute Gasteiger partial charge is 0.254 e. The molecular weight excluding hydrogens is 414 g/mol. The zero-order chi connectivity index (χ0) is 21.6. The molecule has 0 bridgehead atoms. The molecule has 1 aliphatic rings. The lowest BCUT2D eigenvalue weighted by Crippen LogP contribution is -2.49. The number of rotatable bonds is 3. The Morgan fingerprint density at radius 2 is 1.81 bits per heavy atom. The van der Waals surface area contributed by atoms with E-state index in [0.29, 0.717) is 59.7 Å². The minimum absolute atomic E-state index is 0.0477. The summed E-state index contributed by atoms with van der Waals surface area (Å²) in [6.45, 7) is 2.39. The topological polar surface area (TPSA) is 71.5 Å². The number of piperazine rings is 1. The number of aromatic nitrogens is 3. The van der Waals surface area contributed by atoms with Crippen molar-refractivity contribution < 1.29 is 9.53 Å². The van der Waals surface area contributed by atoms with Crippen LogP contribution in [0.5, 0.6) is 5.75 Å². The van der Waals surface area contributed by atoms with Gasteiger partial charge in [0.2, 0.25) is 0 Å². The molecule has 0 N–H and O–H groups in total. The van der Waals surface area contributed by atoms with Crippen molar-refractivity contribution in [3.8, 4) is 17.6 Å². The molecule has 4 rings (SSSR count). The number of halogens is 1. The Labute approximate surface area is 185 Å². The largest absolute Gasteiger partial charge is 0.495 e. The van der Waals surface area contributed by atoms with Gasteiger partial charge in [-0.05, 0) is 36.3 Å². The fraction of sp³-hybridized carbons (Fsp3) is 0.217. The van der Waals surface area contributed by atoms with Crippen molar-refractivity contribution in [1.29, 1.82) is 0 Å². The van der Waals surface area contributed by atoms with E-state index in [9.17, 15) is 4.79 Å². The Bertz CT molecular complexity index is 1140. The Kier molecular flexibility index (Phi) is 6.29. The predicted octanol–water partition coefficient (Wildman–Crippen LogP) is 2.90. The Morgan fingerprint density at radius 1 is 1.00 bits per heavy atom. The van der Waals surface area contributed by atoms with Crippen LogP contribution in [-0.2, 0) is 0 Å². The number of anilines is 1. The van der Waals surface area contributed by atoms with E-state index in [0.717, 1.165) is 0 Å². The van der Waals surface area contributed by atoms with Crippen LogP contribution in [-0.4, -0.2) is 59.0 Å². The second-order valence-electron chi connectivity index (χ2n) is 6.83. The molecule has 1 fully saturated rings. The van der Waals surface area contributed by atoms with Crippen molar-refractivity contribution in [2.75, 3.05) is 38.2 Å². The summed E-state index contributed by atoms with van der Waals surface area (Å²) < 4.78 is 5.41. The first-order valence-electron chi connectivity index (χ1n) is 9.77. The van der Waals surface area contributed by atoms with Gasteiger partial charge in [-0.25, -0.2) is 15.0 Å². The van der Waals surface area contributed by atoms with Gasteiger partial charge in [0.05, 0.1) is 12.7 Å². The molecule has 1 saturated heterocycles. The summed E-state index contributed by atoms with van der Waals surface area (Å²) in [5.74, 6) is 7.29. The molecule has 0 unspecified atom stereocenters. The minimum Gasteiger partial charge on any atom is -0.495 e. The number of hydrogen-bond acceptors (Lipinski definition) is 6. The van der Waals surface area contributed by atoms with Crippen molar-refractivity contribution in [3.05, 3.63) is 77.0 Å². The summed E-state index contributed by atoms with van der Waals surface area (Å²) in [4.78, 5) is 29.5. The van der Waals surface area contributed by atoms with Gasteiger partial charge >= 0.3 is 0 Å². The van der Waals surface area contributed by atoms with Crippen molar-refractivity contribution >= 4 is 23.3 Å². The van der Waals surface area contributed by atoms with Crippen molar-refractivity contribution in [2.24, 2.45) is 0 Å². The van der Waals surface area contributed by atoms with E-state index in [1.54, 1.807) is 43.9 Å². The second kappa shape index (κ2) is 9.45. The van der Waals surface area contributed by atoms with E-state index in [-0.39, 0.29) is 5.91 Å². The van der Waals surface area contributed by atoms with Gasteiger partial charge in [-0.1, -0.05) is 23.6 Å². The van der Waals surface area contributed by atoms with Crippen LogP contribution in [0.15, 0.2) is 55.0 Å². The fourth-order valence-electron chi connectivity index (χ4n) is 3.34. The molecule has 8 heteroatoms. The molecule has 156 valence electrons. The number of pyridine rings is 1. The third-order valence-corrected chi connectivity index (χ3v) is 5.21. The SMILES string of the molecule is COc1ccc(C(=O)N2CCN(c3nccnc3Cl)CC2)cc1C#Cc1ccccn1. The molecule has 0 aliphatic carbocycles. The molecule has 7 nitrogen and oxygen atoms in total. The molecular formula is C23H20ClN5O2. The van der Waals surface area contributed by atoms with Crippen molar-refractivity contribution in [3.63, 3.8) is 0 Å². The fourth-order valence-corrected chi connectivity index (χ4v) is 3.56. The second-order valence-corrected chi connectivity index (χ2v) is 7.19. The van der Waals surface area contributed by atoms with Gasteiger partial charge in [-0.15, -0.1) is 0 Å². The van der Waals surface area contributed by atoms with Crippen LogP contribution in [0.1, 0.15) is 21.6 Å². The van der Waals surface area contributed by atoms with Crippen LogP contribution in [0, 0.1) is 11.8 Å². The molecule has 0 spiro atoms. The summed E-state index contributed by atoms with van der Waals surface area (Å²) in [6.07, 6.45) is 4.86. The molecule has 0 saturated carbocycles. The highest BCUT2D eigenvalue weighted by atomic mass is 35.5. The lowest BCUT2D eigenvalue weighted by Gasteiger charge is -2.35. The highest BCUT2D eigenvalue weighted by Crippen LogP contribution is 2.23. The van der Waals surface area contributed by atoms with E-state index in [1.807, 2.05) is 28.0 Å². The monoisotopic (exact) mass is 433 g/mol. The Hall–Kier alpha value is -3.63. The maximum absolute atomic E-state index is 13.1. The average Bonchev–Trinajstić information content (AvgIpc) is 2.83. The molecule has 0 atom stereocenters. The van der Waals surface area contributed by atoms with E-state index >= 15 is 0 Å². The van der Waals surface area contributed by atoms with Crippen molar-refractivity contribution in [2.45, 2.75) is 0 Å². The number of carbonyl (C=O) groups is 1. The first-order chi connectivity index (χ1) is 15.2. The first kappa shape index (κ1) is 20.6. The van der Waals surface area contributed by atoms with E-state index in [2.05, 4.69) is 26.8 Å². The molecule has 1 aliphatic heterocycles. The standard InChI is InChI=1S/C23H20ClN5O2/c1-31-20-8-6-18(16-17(20)5-7-19-4-2-3-9-25-19)23(30)29-14-12-28(13-15-29)22-21(24)26-10-11-27-22/h2-4,6,8-11,16H,12-15H2,1H3. The minimum atomic E-state index is -0.0477. The van der Waals surface area contributed by atoms with Gasteiger partial charge in [0.1, 0.15) is 11.4 Å². The van der Waals surface area contributed by atoms with E-state index in [1.165, 1.54) is 0 Å². The predicted molar refractivity (Wildman–Crippen MR) is 118 cm³/mol. The van der Waals surface area contributed by atoms with E-state index < -0.39 is 0 Å². The summed E-state index contributed by atoms with van der Waals surface area (Å²) in [5, 5.41) is 0.369. The summed E-state index contributed by atoms with van der Waals surface area (Å²) >= 11 is 6.15. The zero-order valence-corrected chi connectivity index (χ0v) is 17.7. The third-order valence-electron chi connectivity index (χ3n) is 4.94. The maximum atomic E-state index is 13.1. The highest BCUT2D eigenvalue weighted by Gasteiger charge is 2.24. The number of nitrogens with zero attached hydrogens (tertiary/aromatic N) is 5. The molecule has 1 amide bonds. The molecule has 2 aromatic heterocycles. The maximum Gasteiger partial charge on any atom is 0.254 e. The number of ether oxygens (including phenoxy) is 1. The zero-order valence-electron chi connectivity index (χ0n) is 17.0. The number of carbonyl (C=O) groups excluding carboxylic acids is 1. The normalized spacial score (nSPS) is 13.4. The molecule has 3 aromatic rings. The summed E-state index contributed by atoms with van der Waals surface area (Å²) in [7, 11) is 1.58. The van der Waals surface area contributed by atoms with Gasteiger partial charge in [0.25, 0.3) is 5.91 Å². The summed E-state index contributed by atoms with van der Waals surface area (Å²) in [5.41, 5.74) is 1.86. The van der Waals surface area contributed by atoms with Gasteiger partial charge in [0, 0.05) is 50.3 Å². The van der Waals surface area contributed by atoms with Crippen LogP contribution < -0.4 is 9.64 Å². The Morgan fingerprint density at radius 3 is 2.52 bits per heavy atom. The van der Waals surface area contributed by atoms with Gasteiger partial charge in [-0.2, -0.15) is 0 Å². The molecule has 3 heterocycles. The quantitative estimate of drug-likeness (QED) is 0.591. The van der Waals surface area contributed by atoms with Crippen LogP contribution in [0.4, 0.5) is 5.82 Å². The number of hydrogen-bond donors (Lipinski definition) is 0. The lowest BCUT2D eigenvalue weighted by molar-refractivity contribution is 0.0746. The average molecular weight is 434 g/mol. The van der Waals surface area contributed by atoms with Gasteiger partial charge in [0.15, 0.2) is 11.0 Å². The van der Waals surface area contributed by atoms with Crippen LogP contribution in [0.2, 0.25) is 5.15 Å². The third kappa shape index (κ3) is 4.76. The Balaban J connectivity index is 1.49.